The number of hydrogen-bond donors (Lipinski definition) is 3. The van der Waals surface area contributed by atoms with Gasteiger partial charge < -0.3 is 26.0 Å². The summed E-state index contributed by atoms with van der Waals surface area (Å²) in [6.07, 6.45) is 0.472. The van der Waals surface area contributed by atoms with Crippen molar-refractivity contribution in [3.63, 3.8) is 0 Å². The topological polar surface area (TPSA) is 131 Å². The number of ether oxygens (including phenoxy) is 1. The number of alkyl carbamates (subject to hydrolysis) is 1. The number of aryl methyl sites for hydroxylation is 2. The molecule has 0 aliphatic rings. The van der Waals surface area contributed by atoms with Crippen molar-refractivity contribution >= 4 is 23.8 Å². The lowest BCUT2D eigenvalue weighted by Crippen LogP contribution is -2.53. The van der Waals surface area contributed by atoms with Crippen molar-refractivity contribution in [2.24, 2.45) is 5.73 Å². The summed E-state index contributed by atoms with van der Waals surface area (Å²) in [6, 6.07) is 13.2. The standard InChI is InChI=1S/C31H44N4O5/c1-7-8-18-35(29(38)25(16-17-26(32)36)34-30(39)40-31(4,5)6)27(24-15-14-21(2)19-22(24)3)28(37)33-20-23-12-10-9-11-13-23/h9-15,19,25,27H,7-8,16-18,20H2,1-6H3,(H2,32,36)(H,33,37)(H,34,39). The van der Waals surface area contributed by atoms with Crippen molar-refractivity contribution in [3.8, 4) is 0 Å². The summed E-state index contributed by atoms with van der Waals surface area (Å²) in [5.41, 5.74) is 8.10. The molecule has 4 amide bonds. The van der Waals surface area contributed by atoms with Crippen LogP contribution in [0, 0.1) is 13.8 Å². The van der Waals surface area contributed by atoms with E-state index in [1.807, 2.05) is 69.3 Å². The van der Waals surface area contributed by atoms with Crippen molar-refractivity contribution in [3.05, 3.63) is 70.8 Å². The minimum Gasteiger partial charge on any atom is -0.444 e. The molecular weight excluding hydrogens is 508 g/mol. The lowest BCUT2D eigenvalue weighted by molar-refractivity contribution is -0.143. The predicted molar refractivity (Wildman–Crippen MR) is 155 cm³/mol. The van der Waals surface area contributed by atoms with Crippen LogP contribution in [0.3, 0.4) is 0 Å². The van der Waals surface area contributed by atoms with Crippen LogP contribution < -0.4 is 16.4 Å². The number of amides is 4. The van der Waals surface area contributed by atoms with Crippen molar-refractivity contribution in [1.29, 1.82) is 0 Å². The molecule has 2 aromatic carbocycles. The summed E-state index contributed by atoms with van der Waals surface area (Å²) in [4.78, 5) is 53.8. The highest BCUT2D eigenvalue weighted by Gasteiger charge is 2.36. The average molecular weight is 553 g/mol. The zero-order chi connectivity index (χ0) is 29.9. The van der Waals surface area contributed by atoms with E-state index in [0.717, 1.165) is 23.1 Å². The molecule has 2 unspecified atom stereocenters. The van der Waals surface area contributed by atoms with Crippen molar-refractivity contribution in [2.45, 2.75) is 91.5 Å². The van der Waals surface area contributed by atoms with E-state index in [0.29, 0.717) is 12.0 Å². The first-order chi connectivity index (χ1) is 18.8. The van der Waals surface area contributed by atoms with E-state index < -0.39 is 35.6 Å². The van der Waals surface area contributed by atoms with Crippen molar-refractivity contribution < 1.29 is 23.9 Å². The van der Waals surface area contributed by atoms with Gasteiger partial charge in [-0.05, 0) is 64.2 Å². The fraction of sp³-hybridized carbons (Fsp3) is 0.484. The monoisotopic (exact) mass is 552 g/mol. The van der Waals surface area contributed by atoms with Gasteiger partial charge in [0, 0.05) is 19.5 Å². The fourth-order valence-corrected chi connectivity index (χ4v) is 4.35. The Bertz CT molecular complexity index is 1160. The van der Waals surface area contributed by atoms with E-state index >= 15 is 0 Å². The molecular formula is C31H44N4O5. The van der Waals surface area contributed by atoms with Gasteiger partial charge in [0.1, 0.15) is 17.7 Å². The summed E-state index contributed by atoms with van der Waals surface area (Å²) in [6.45, 7) is 11.6. The van der Waals surface area contributed by atoms with E-state index in [1.54, 1.807) is 20.8 Å². The third-order valence-electron chi connectivity index (χ3n) is 6.29. The number of carbonyl (C=O) groups excluding carboxylic acids is 4. The molecule has 0 radical (unpaired) electrons. The van der Waals surface area contributed by atoms with Crippen LogP contribution in [0.4, 0.5) is 4.79 Å². The van der Waals surface area contributed by atoms with Gasteiger partial charge in [-0.1, -0.05) is 67.4 Å². The largest absolute Gasteiger partial charge is 0.444 e. The highest BCUT2D eigenvalue weighted by atomic mass is 16.6. The third kappa shape index (κ3) is 10.4. The first-order valence-corrected chi connectivity index (χ1v) is 13.8. The number of nitrogens with one attached hydrogen (secondary N) is 2. The van der Waals surface area contributed by atoms with Gasteiger partial charge in [0.15, 0.2) is 0 Å². The van der Waals surface area contributed by atoms with Crippen LogP contribution in [0.15, 0.2) is 48.5 Å². The third-order valence-corrected chi connectivity index (χ3v) is 6.29. The van der Waals surface area contributed by atoms with Crippen molar-refractivity contribution in [2.75, 3.05) is 6.54 Å². The van der Waals surface area contributed by atoms with E-state index in [9.17, 15) is 19.2 Å². The lowest BCUT2D eigenvalue weighted by Gasteiger charge is -2.35. The molecule has 0 aliphatic heterocycles. The normalized spacial score (nSPS) is 12.7. The molecule has 0 heterocycles. The maximum absolute atomic E-state index is 14.2. The molecule has 4 N–H and O–H groups in total. The molecule has 0 saturated heterocycles. The molecule has 0 bridgehead atoms. The summed E-state index contributed by atoms with van der Waals surface area (Å²) >= 11 is 0. The van der Waals surface area contributed by atoms with Crippen LogP contribution >= 0.6 is 0 Å². The number of nitrogens with two attached hydrogens (primary N) is 1. The van der Waals surface area contributed by atoms with Crippen LogP contribution in [-0.2, 0) is 25.7 Å². The number of primary amides is 1. The number of nitrogens with zero attached hydrogens (tertiary/aromatic N) is 1. The van der Waals surface area contributed by atoms with Crippen LogP contribution in [0.25, 0.3) is 0 Å². The smallest absolute Gasteiger partial charge is 0.408 e. The number of benzene rings is 2. The molecule has 0 aromatic heterocycles. The number of rotatable bonds is 13. The zero-order valence-electron chi connectivity index (χ0n) is 24.6. The Morgan fingerprint density at radius 1 is 1.02 bits per heavy atom. The quantitative estimate of drug-likeness (QED) is 0.338. The van der Waals surface area contributed by atoms with Gasteiger partial charge in [0.2, 0.25) is 17.7 Å². The van der Waals surface area contributed by atoms with E-state index in [1.165, 1.54) is 4.90 Å². The Labute approximate surface area is 237 Å². The maximum atomic E-state index is 14.2. The molecule has 0 fully saturated rings. The van der Waals surface area contributed by atoms with Gasteiger partial charge in [-0.15, -0.1) is 0 Å². The number of unbranched alkanes of at least 4 members (excludes halogenated alkanes) is 1. The summed E-state index contributed by atoms with van der Waals surface area (Å²) in [7, 11) is 0. The molecule has 218 valence electrons. The first kappa shape index (κ1) is 32.3. The number of hydrogen-bond acceptors (Lipinski definition) is 5. The molecule has 0 spiro atoms. The maximum Gasteiger partial charge on any atom is 0.408 e. The highest BCUT2D eigenvalue weighted by Crippen LogP contribution is 2.27. The Balaban J connectivity index is 2.51. The second-order valence-corrected chi connectivity index (χ2v) is 11.1. The van der Waals surface area contributed by atoms with Crippen molar-refractivity contribution in [1.82, 2.24) is 15.5 Å². The molecule has 0 aliphatic carbocycles. The predicted octanol–water partition coefficient (Wildman–Crippen LogP) is 4.45. The molecule has 9 heteroatoms. The highest BCUT2D eigenvalue weighted by molar-refractivity contribution is 5.92. The van der Waals surface area contributed by atoms with Gasteiger partial charge in [-0.25, -0.2) is 4.79 Å². The zero-order valence-corrected chi connectivity index (χ0v) is 24.6. The van der Waals surface area contributed by atoms with Crippen LogP contribution in [0.5, 0.6) is 0 Å². The Morgan fingerprint density at radius 2 is 1.70 bits per heavy atom. The van der Waals surface area contributed by atoms with E-state index in [-0.39, 0.29) is 31.8 Å². The van der Waals surface area contributed by atoms with Crippen LogP contribution in [0.1, 0.15) is 81.7 Å². The van der Waals surface area contributed by atoms with Crippen LogP contribution in [0.2, 0.25) is 0 Å². The fourth-order valence-electron chi connectivity index (χ4n) is 4.35. The minimum absolute atomic E-state index is 0.0265. The second kappa shape index (κ2) is 15.1. The molecule has 2 atom stereocenters. The van der Waals surface area contributed by atoms with Gasteiger partial charge in [0.25, 0.3) is 0 Å². The molecule has 9 nitrogen and oxygen atoms in total. The Morgan fingerprint density at radius 3 is 2.27 bits per heavy atom. The van der Waals surface area contributed by atoms with Gasteiger partial charge in [-0.3, -0.25) is 14.4 Å². The lowest BCUT2D eigenvalue weighted by atomic mass is 9.95. The van der Waals surface area contributed by atoms with E-state index in [4.69, 9.17) is 10.5 Å². The molecule has 40 heavy (non-hydrogen) atoms. The average Bonchev–Trinajstić information content (AvgIpc) is 2.87. The molecule has 2 aromatic rings. The minimum atomic E-state index is -1.12. The number of carbonyl (C=O) groups is 4. The summed E-state index contributed by atoms with van der Waals surface area (Å²) < 4.78 is 5.38. The Hall–Kier alpha value is -3.88. The first-order valence-electron chi connectivity index (χ1n) is 13.8. The summed E-state index contributed by atoms with van der Waals surface area (Å²) in [5, 5.41) is 5.61. The van der Waals surface area contributed by atoms with Gasteiger partial charge in [-0.2, -0.15) is 0 Å². The van der Waals surface area contributed by atoms with E-state index in [2.05, 4.69) is 10.6 Å². The van der Waals surface area contributed by atoms with Gasteiger partial charge >= 0.3 is 6.09 Å². The SMILES string of the molecule is CCCCN(C(=O)C(CCC(N)=O)NC(=O)OC(C)(C)C)C(C(=O)NCc1ccccc1)c1ccc(C)cc1C. The molecule has 2 rings (SSSR count). The Kier molecular flexibility index (Phi) is 12.2. The second-order valence-electron chi connectivity index (χ2n) is 11.1. The van der Waals surface area contributed by atoms with Gasteiger partial charge in [0.05, 0.1) is 0 Å². The van der Waals surface area contributed by atoms with Crippen LogP contribution in [-0.4, -0.2) is 46.9 Å². The summed E-state index contributed by atoms with van der Waals surface area (Å²) in [5.74, 6) is -1.43. The molecule has 0 saturated carbocycles.